The molecule has 140 heavy (non-hydrogen) atoms. The number of aromatic nitrogens is 6. The summed E-state index contributed by atoms with van der Waals surface area (Å²) in [6.07, 6.45) is 7.28. The maximum Gasteiger partial charge on any atom is 0.411 e. The van der Waals surface area contributed by atoms with Crippen molar-refractivity contribution in [3.05, 3.63) is 211 Å². The van der Waals surface area contributed by atoms with Crippen LogP contribution < -0.4 is 40.2 Å². The number of thioether (sulfide) groups is 1. The minimum Gasteiger partial charge on any atom is -0.493 e. The summed E-state index contributed by atoms with van der Waals surface area (Å²) < 4.78 is 59.7. The fourth-order valence-corrected chi connectivity index (χ4v) is 18.2. The summed E-state index contributed by atoms with van der Waals surface area (Å²) in [4.78, 5) is 60.6. The van der Waals surface area contributed by atoms with E-state index in [4.69, 9.17) is 42.6 Å². The monoisotopic (exact) mass is 1920 g/mol. The molecule has 15 rings (SSSR count). The van der Waals surface area contributed by atoms with E-state index in [1.54, 1.807) is 65.5 Å². The van der Waals surface area contributed by atoms with Crippen molar-refractivity contribution in [2.45, 2.75) is 114 Å². The lowest BCUT2D eigenvalue weighted by atomic mass is 10.1. The molecule has 8 aromatic carbocycles. The Morgan fingerprint density at radius 3 is 1.07 bits per heavy atom. The quantitative estimate of drug-likeness (QED) is 0.0205. The summed E-state index contributed by atoms with van der Waals surface area (Å²) in [6.45, 7) is 34.2. The third-order valence-electron chi connectivity index (χ3n) is 24.0. The van der Waals surface area contributed by atoms with E-state index in [2.05, 4.69) is 123 Å². The fourth-order valence-electron chi connectivity index (χ4n) is 17.3. The van der Waals surface area contributed by atoms with E-state index in [9.17, 15) is 40.2 Å². The molecular weight excluding hydrogens is 1790 g/mol. The minimum absolute atomic E-state index is 0.295. The lowest BCUT2D eigenvalue weighted by Crippen LogP contribution is -2.44. The van der Waals surface area contributed by atoms with Crippen LogP contribution in [-0.2, 0) is 56.4 Å². The third-order valence-corrected chi connectivity index (χ3v) is 25.0. The van der Waals surface area contributed by atoms with Crippen LogP contribution in [0, 0.1) is 45.3 Å². The number of anilines is 4. The van der Waals surface area contributed by atoms with Crippen molar-refractivity contribution < 1.29 is 61.8 Å². The van der Waals surface area contributed by atoms with E-state index in [-0.39, 0.29) is 0 Å². The van der Waals surface area contributed by atoms with Crippen molar-refractivity contribution in [3.63, 3.8) is 0 Å². The standard InChI is InChI=1S/C28H35N5O3.C27H34N4O4.C27H32N4O3S.C26H27N5O3/c1-4-33-26-19-23(36-18-6-13-32-16-14-31(3)15-17-32)11-12-24(26)25(20-29)27(33)21-7-9-22(10-8-21)30-28(34)35-5-2;1-5-31-25-18-22(35-15-8-13-30(3)14-16-33-4)11-12-23(25)24(19-28)26(31)20-9-7-10-21(17-20)29-27(32)34-6-2;1-3-31-25-18-22(34-15-5-12-30-13-16-35-17-14-30)10-11-23(25)24(19-28)26(31)20-6-8-21(9-7-20)29-27(32)33-4-2;1-3-31-24-16-21(34-15-5-13-30-14-12-28-18-30)10-11-22(24)23(17-27)25(31)19-6-8-20(9-7-19)29-26(32)33-4-2/h7-12,19H,4-6,13-18H2,1-3H3,(H,30,34);7,9-12,17-18H,5-6,8,13-16H2,1-4H3,(H,29,32);6-11,18H,3-5,12-17H2,1-2H3,(H,29,32);6-12,14,16,18H,3-5,13,15H2,1-2H3,(H,29,32). The summed E-state index contributed by atoms with van der Waals surface area (Å²) in [5.41, 5.74) is 15.8. The van der Waals surface area contributed by atoms with Gasteiger partial charge in [-0.1, -0.05) is 48.5 Å². The van der Waals surface area contributed by atoms with Gasteiger partial charge < -0.3 is 85.1 Å². The lowest BCUT2D eigenvalue weighted by Gasteiger charge is -2.32. The summed E-state index contributed by atoms with van der Waals surface area (Å²) in [7, 11) is 5.95. The number of carbonyl (C=O) groups is 4. The second kappa shape index (κ2) is 53.5. The maximum absolute atomic E-state index is 11.9. The highest BCUT2D eigenvalue weighted by atomic mass is 32.2. The van der Waals surface area contributed by atoms with Crippen molar-refractivity contribution in [1.29, 1.82) is 21.0 Å². The number of likely N-dealkylation sites (N-methyl/N-ethyl adjacent to an activating group) is 2. The maximum atomic E-state index is 11.9. The summed E-state index contributed by atoms with van der Waals surface area (Å²) in [5.74, 6) is 5.63. The molecular formula is C108H128N18O13S. The summed E-state index contributed by atoms with van der Waals surface area (Å²) in [5, 5.41) is 54.5. The van der Waals surface area contributed by atoms with Crippen molar-refractivity contribution >= 4 is 102 Å². The van der Waals surface area contributed by atoms with Gasteiger partial charge in [-0.25, -0.2) is 24.2 Å². The SMILES string of the molecule is CCOC(=O)Nc1ccc(-c2c(C#N)c3ccc(OCCCN4CCN(C)CC4)cc3n2CC)cc1.CCOC(=O)Nc1ccc(-c2c(C#N)c3ccc(OCCCN4CCSCC4)cc3n2CC)cc1.CCOC(=O)Nc1ccc(-c2c(C#N)c3ccc(OCCCn4ccnc4)cc3n2CC)cc1.CCOC(=O)Nc1cccc(-c2c(C#N)c3ccc(OCCCN(C)CCOC)cc3n2CC)c1. The van der Waals surface area contributed by atoms with Crippen LogP contribution in [0.1, 0.15) is 103 Å². The van der Waals surface area contributed by atoms with Crippen molar-refractivity contribution in [1.82, 2.24) is 47.4 Å². The van der Waals surface area contributed by atoms with Gasteiger partial charge >= 0.3 is 24.4 Å². The number of benzene rings is 8. The van der Waals surface area contributed by atoms with Gasteiger partial charge in [0.1, 0.15) is 47.3 Å². The first kappa shape index (κ1) is 104. The van der Waals surface area contributed by atoms with E-state index in [1.165, 1.54) is 24.6 Å². The number of carbonyl (C=O) groups excluding carboxylic acids is 4. The van der Waals surface area contributed by atoms with Gasteiger partial charge in [0.05, 0.1) is 133 Å². The summed E-state index contributed by atoms with van der Waals surface area (Å²) >= 11 is 2.03. The van der Waals surface area contributed by atoms with Crippen LogP contribution in [0.3, 0.4) is 0 Å². The number of ether oxygens (including phenoxy) is 9. The number of amides is 4. The Morgan fingerprint density at radius 2 is 0.736 bits per heavy atom. The molecule has 5 aromatic heterocycles. The van der Waals surface area contributed by atoms with Gasteiger partial charge in [0.2, 0.25) is 0 Å². The molecule has 2 fully saturated rings. The molecule has 32 heteroatoms. The number of nitriles is 4. The van der Waals surface area contributed by atoms with E-state index in [0.717, 1.165) is 196 Å². The Hall–Kier alpha value is -14.5. The first-order valence-electron chi connectivity index (χ1n) is 48.1. The highest BCUT2D eigenvalue weighted by Gasteiger charge is 2.26. The zero-order chi connectivity index (χ0) is 99.2. The van der Waals surface area contributed by atoms with Gasteiger partial charge in [0.15, 0.2) is 0 Å². The number of hydrogen-bond donors (Lipinski definition) is 4. The molecule has 0 bridgehead atoms. The molecule has 2 saturated heterocycles. The Labute approximate surface area is 823 Å². The largest absolute Gasteiger partial charge is 0.493 e. The molecule has 734 valence electrons. The molecule has 0 aliphatic carbocycles. The molecule has 31 nitrogen and oxygen atoms in total. The number of fused-ring (bicyclic) bond motifs is 4. The average molecular weight is 1920 g/mol. The Morgan fingerprint density at radius 1 is 0.393 bits per heavy atom. The molecule has 0 radical (unpaired) electrons. The predicted octanol–water partition coefficient (Wildman–Crippen LogP) is 20.9. The van der Waals surface area contributed by atoms with E-state index < -0.39 is 24.4 Å². The van der Waals surface area contributed by atoms with Gasteiger partial charge in [0, 0.05) is 203 Å². The second-order valence-corrected chi connectivity index (χ2v) is 34.5. The number of nitrogens with zero attached hydrogens (tertiary/aromatic N) is 14. The lowest BCUT2D eigenvalue weighted by molar-refractivity contribution is 0.145. The number of nitrogens with one attached hydrogen (secondary N) is 4. The predicted molar refractivity (Wildman–Crippen MR) is 553 cm³/mol. The molecule has 13 aromatic rings. The van der Waals surface area contributed by atoms with Gasteiger partial charge in [-0.15, -0.1) is 0 Å². The normalized spacial score (nSPS) is 12.6. The molecule has 2 aliphatic heterocycles. The molecule has 0 spiro atoms. The van der Waals surface area contributed by atoms with Crippen molar-refractivity contribution in [3.8, 4) is 92.3 Å². The van der Waals surface area contributed by atoms with E-state index in [0.29, 0.717) is 131 Å². The highest BCUT2D eigenvalue weighted by Crippen LogP contribution is 2.42. The molecule has 4 N–H and O–H groups in total. The van der Waals surface area contributed by atoms with Crippen LogP contribution in [-0.4, -0.2) is 229 Å². The van der Waals surface area contributed by atoms with Gasteiger partial charge in [-0.2, -0.15) is 32.8 Å². The molecule has 2 aliphatic rings. The van der Waals surface area contributed by atoms with Crippen molar-refractivity contribution in [2.24, 2.45) is 0 Å². The van der Waals surface area contributed by atoms with Crippen molar-refractivity contribution in [2.75, 3.05) is 179 Å². The fraction of sp³-hybridized carbons (Fsp3) is 0.380. The van der Waals surface area contributed by atoms with Crippen LogP contribution in [0.2, 0.25) is 0 Å². The second-order valence-electron chi connectivity index (χ2n) is 33.2. The number of imidazole rings is 1. The molecule has 0 atom stereocenters. The first-order chi connectivity index (χ1) is 68.3. The van der Waals surface area contributed by atoms with Gasteiger partial charge in [-0.05, 0) is 209 Å². The first-order valence-corrected chi connectivity index (χ1v) is 49.3. The van der Waals surface area contributed by atoms with Gasteiger partial charge in [-0.3, -0.25) is 21.3 Å². The average Bonchev–Trinajstić information content (AvgIpc) is 1.62. The topological polar surface area (TPSA) is 345 Å². The number of hydrogen-bond acceptors (Lipinski definition) is 23. The van der Waals surface area contributed by atoms with Crippen LogP contribution >= 0.6 is 11.8 Å². The Balaban J connectivity index is 0.000000167. The molecule has 4 amide bonds. The number of methoxy groups -OCH3 is 1. The Bertz CT molecular complexity index is 6450. The number of rotatable bonds is 39. The van der Waals surface area contributed by atoms with Crippen LogP contribution in [0.4, 0.5) is 41.9 Å². The Kier molecular flexibility index (Phi) is 39.9. The number of piperazine rings is 1. The number of aryl methyl sites for hydroxylation is 5. The van der Waals surface area contributed by atoms with Gasteiger partial charge in [0.25, 0.3) is 0 Å². The highest BCUT2D eigenvalue weighted by molar-refractivity contribution is 7.99. The van der Waals surface area contributed by atoms with Crippen LogP contribution in [0.5, 0.6) is 23.0 Å². The zero-order valence-corrected chi connectivity index (χ0v) is 82.9. The van der Waals surface area contributed by atoms with Crippen LogP contribution in [0.15, 0.2) is 189 Å². The zero-order valence-electron chi connectivity index (χ0n) is 82.1. The summed E-state index contributed by atoms with van der Waals surface area (Å²) in [6, 6.07) is 63.1. The molecule has 0 unspecified atom stereocenters. The van der Waals surface area contributed by atoms with E-state index in [1.807, 2.05) is 181 Å². The van der Waals surface area contributed by atoms with E-state index >= 15 is 0 Å². The minimum atomic E-state index is -0.507. The molecule has 0 saturated carbocycles. The third kappa shape index (κ3) is 27.7. The smallest absolute Gasteiger partial charge is 0.411 e. The van der Waals surface area contributed by atoms with Crippen LogP contribution in [0.25, 0.3) is 88.6 Å². The molecule has 7 heterocycles.